The normalized spacial score (nSPS) is 13.6. The Hall–Kier alpha value is -0.860. The van der Waals surface area contributed by atoms with Crippen LogP contribution in [-0.4, -0.2) is 18.1 Å². The number of aryl methyl sites for hydroxylation is 1. The molecule has 2 N–H and O–H groups in total. The number of hydrogen-bond acceptors (Lipinski definition) is 2. The molecule has 0 aliphatic heterocycles. The summed E-state index contributed by atoms with van der Waals surface area (Å²) < 4.78 is 0. The third kappa shape index (κ3) is 5.65. The highest BCUT2D eigenvalue weighted by Gasteiger charge is 2.10. The zero-order valence-corrected chi connectivity index (χ0v) is 12.5. The largest absolute Gasteiger partial charge is 0.311 e. The number of rotatable bonds is 6. The van der Waals surface area contributed by atoms with Gasteiger partial charge in [-0.2, -0.15) is 0 Å². The van der Waals surface area contributed by atoms with Gasteiger partial charge in [-0.25, -0.2) is 0 Å². The van der Waals surface area contributed by atoms with Gasteiger partial charge in [0, 0.05) is 24.7 Å². The molecule has 1 unspecified atom stereocenters. The van der Waals surface area contributed by atoms with E-state index in [1.54, 1.807) is 0 Å². The Morgan fingerprint density at radius 2 is 1.72 bits per heavy atom. The summed E-state index contributed by atoms with van der Waals surface area (Å²) in [4.78, 5) is 0. The van der Waals surface area contributed by atoms with E-state index in [0.717, 1.165) is 19.5 Å². The van der Waals surface area contributed by atoms with E-state index in [1.807, 2.05) is 0 Å². The third-order valence-electron chi connectivity index (χ3n) is 3.08. The molecule has 1 aromatic rings. The maximum Gasteiger partial charge on any atom is 0.0211 e. The Kier molecular flexibility index (Phi) is 5.83. The van der Waals surface area contributed by atoms with Crippen LogP contribution in [0.4, 0.5) is 0 Å². The van der Waals surface area contributed by atoms with Gasteiger partial charge in [-0.3, -0.25) is 0 Å². The van der Waals surface area contributed by atoms with Gasteiger partial charge in [-0.05, 0) is 45.2 Å². The Morgan fingerprint density at radius 1 is 1.11 bits per heavy atom. The predicted molar refractivity (Wildman–Crippen MR) is 79.9 cm³/mol. The van der Waals surface area contributed by atoms with E-state index in [2.05, 4.69) is 69.5 Å². The third-order valence-corrected chi connectivity index (χ3v) is 3.08. The van der Waals surface area contributed by atoms with Crippen molar-refractivity contribution in [2.45, 2.75) is 59.2 Å². The van der Waals surface area contributed by atoms with Crippen molar-refractivity contribution < 1.29 is 0 Å². The van der Waals surface area contributed by atoms with Crippen molar-refractivity contribution in [3.8, 4) is 0 Å². The fourth-order valence-corrected chi connectivity index (χ4v) is 1.89. The van der Waals surface area contributed by atoms with Crippen LogP contribution in [0.3, 0.4) is 0 Å². The fraction of sp³-hybridized carbons (Fsp3) is 0.625. The molecule has 0 aromatic heterocycles. The standard InChI is InChI=1S/C16H28N2/c1-6-14-9-7-8-10-15(14)12-17-13(2)11-18-16(3,4)5/h7-10,13,17-18H,6,11-12H2,1-5H3. The maximum absolute atomic E-state index is 3.58. The summed E-state index contributed by atoms with van der Waals surface area (Å²) in [5.41, 5.74) is 3.06. The molecule has 0 aliphatic carbocycles. The molecule has 1 atom stereocenters. The highest BCUT2D eigenvalue weighted by molar-refractivity contribution is 5.26. The van der Waals surface area contributed by atoms with Crippen molar-refractivity contribution >= 4 is 0 Å². The maximum atomic E-state index is 3.58. The van der Waals surface area contributed by atoms with Gasteiger partial charge in [-0.1, -0.05) is 31.2 Å². The lowest BCUT2D eigenvalue weighted by Gasteiger charge is -2.24. The summed E-state index contributed by atoms with van der Waals surface area (Å²) in [6, 6.07) is 9.15. The monoisotopic (exact) mass is 248 g/mol. The lowest BCUT2D eigenvalue weighted by molar-refractivity contribution is 0.387. The van der Waals surface area contributed by atoms with Crippen molar-refractivity contribution in [2.75, 3.05) is 6.54 Å². The van der Waals surface area contributed by atoms with Gasteiger partial charge in [0.2, 0.25) is 0 Å². The summed E-state index contributed by atoms with van der Waals surface area (Å²) >= 11 is 0. The molecular formula is C16H28N2. The second-order valence-electron chi connectivity index (χ2n) is 6.04. The average molecular weight is 248 g/mol. The molecule has 0 radical (unpaired) electrons. The van der Waals surface area contributed by atoms with Crippen LogP contribution in [0, 0.1) is 0 Å². The average Bonchev–Trinajstić information content (AvgIpc) is 2.33. The predicted octanol–water partition coefficient (Wildman–Crippen LogP) is 3.12. The van der Waals surface area contributed by atoms with Crippen LogP contribution in [0.1, 0.15) is 45.7 Å². The van der Waals surface area contributed by atoms with Gasteiger partial charge in [0.15, 0.2) is 0 Å². The second kappa shape index (κ2) is 6.91. The Balaban J connectivity index is 2.40. The highest BCUT2D eigenvalue weighted by Crippen LogP contribution is 2.09. The Labute approximate surface area is 112 Å². The van der Waals surface area contributed by atoms with Crippen molar-refractivity contribution in [3.63, 3.8) is 0 Å². The van der Waals surface area contributed by atoms with E-state index < -0.39 is 0 Å². The first-order valence-electron chi connectivity index (χ1n) is 6.97. The summed E-state index contributed by atoms with van der Waals surface area (Å²) in [6.07, 6.45) is 1.10. The molecule has 0 aliphatic rings. The minimum atomic E-state index is 0.192. The van der Waals surface area contributed by atoms with Gasteiger partial charge in [0.1, 0.15) is 0 Å². The Bertz CT molecular complexity index is 352. The van der Waals surface area contributed by atoms with E-state index in [-0.39, 0.29) is 5.54 Å². The lowest BCUT2D eigenvalue weighted by Crippen LogP contribution is -2.44. The summed E-state index contributed by atoms with van der Waals surface area (Å²) in [6.45, 7) is 13.0. The number of nitrogens with one attached hydrogen (secondary N) is 2. The molecule has 0 saturated heterocycles. The van der Waals surface area contributed by atoms with Crippen LogP contribution in [0.2, 0.25) is 0 Å². The van der Waals surface area contributed by atoms with E-state index in [0.29, 0.717) is 6.04 Å². The van der Waals surface area contributed by atoms with E-state index in [9.17, 15) is 0 Å². The molecule has 0 amide bonds. The smallest absolute Gasteiger partial charge is 0.0211 e. The fourth-order valence-electron chi connectivity index (χ4n) is 1.89. The molecular weight excluding hydrogens is 220 g/mol. The van der Waals surface area contributed by atoms with Crippen molar-refractivity contribution in [1.82, 2.24) is 10.6 Å². The molecule has 1 rings (SSSR count). The van der Waals surface area contributed by atoms with Gasteiger partial charge < -0.3 is 10.6 Å². The highest BCUT2D eigenvalue weighted by atomic mass is 15.0. The molecule has 1 aromatic carbocycles. The molecule has 0 spiro atoms. The van der Waals surface area contributed by atoms with Gasteiger partial charge in [0.05, 0.1) is 0 Å². The molecule has 0 bridgehead atoms. The number of benzene rings is 1. The van der Waals surface area contributed by atoms with Crippen LogP contribution in [0.25, 0.3) is 0 Å². The lowest BCUT2D eigenvalue weighted by atomic mass is 10.1. The van der Waals surface area contributed by atoms with Gasteiger partial charge in [0.25, 0.3) is 0 Å². The van der Waals surface area contributed by atoms with E-state index >= 15 is 0 Å². The molecule has 0 fully saturated rings. The summed E-state index contributed by atoms with van der Waals surface area (Å²) in [5, 5.41) is 7.11. The number of hydrogen-bond donors (Lipinski definition) is 2. The van der Waals surface area contributed by atoms with Crippen LogP contribution in [0.5, 0.6) is 0 Å². The topological polar surface area (TPSA) is 24.1 Å². The van der Waals surface area contributed by atoms with E-state index in [1.165, 1.54) is 11.1 Å². The first kappa shape index (κ1) is 15.2. The van der Waals surface area contributed by atoms with Crippen molar-refractivity contribution in [3.05, 3.63) is 35.4 Å². The molecule has 102 valence electrons. The van der Waals surface area contributed by atoms with Gasteiger partial charge >= 0.3 is 0 Å². The molecule has 18 heavy (non-hydrogen) atoms. The van der Waals surface area contributed by atoms with Gasteiger partial charge in [-0.15, -0.1) is 0 Å². The SMILES string of the molecule is CCc1ccccc1CNC(C)CNC(C)(C)C. The molecule has 0 saturated carbocycles. The minimum absolute atomic E-state index is 0.192. The van der Waals surface area contributed by atoms with Crippen LogP contribution in [-0.2, 0) is 13.0 Å². The minimum Gasteiger partial charge on any atom is -0.311 e. The second-order valence-corrected chi connectivity index (χ2v) is 6.04. The first-order valence-corrected chi connectivity index (χ1v) is 6.97. The summed E-state index contributed by atoms with van der Waals surface area (Å²) in [7, 11) is 0. The van der Waals surface area contributed by atoms with Crippen LogP contribution in [0.15, 0.2) is 24.3 Å². The van der Waals surface area contributed by atoms with E-state index in [4.69, 9.17) is 0 Å². The summed E-state index contributed by atoms with van der Waals surface area (Å²) in [5.74, 6) is 0. The van der Waals surface area contributed by atoms with Crippen molar-refractivity contribution in [2.24, 2.45) is 0 Å². The van der Waals surface area contributed by atoms with Crippen LogP contribution >= 0.6 is 0 Å². The quantitative estimate of drug-likeness (QED) is 0.808. The molecule has 2 nitrogen and oxygen atoms in total. The zero-order valence-electron chi connectivity index (χ0n) is 12.5. The zero-order chi connectivity index (χ0) is 13.6. The first-order chi connectivity index (χ1) is 8.42. The Morgan fingerprint density at radius 3 is 2.28 bits per heavy atom. The molecule has 0 heterocycles. The van der Waals surface area contributed by atoms with Crippen molar-refractivity contribution in [1.29, 1.82) is 0 Å². The van der Waals surface area contributed by atoms with Crippen LogP contribution < -0.4 is 10.6 Å². The molecule has 2 heteroatoms.